The summed E-state index contributed by atoms with van der Waals surface area (Å²) in [4.78, 5) is 20.1. The highest BCUT2D eigenvalue weighted by atomic mass is 19.2. The van der Waals surface area contributed by atoms with E-state index in [-0.39, 0.29) is 11.1 Å². The van der Waals surface area contributed by atoms with Gasteiger partial charge in [0.25, 0.3) is 5.56 Å². The first kappa shape index (κ1) is 23.2. The molecule has 1 N–H and O–H groups in total. The number of halogens is 3. The van der Waals surface area contributed by atoms with Crippen molar-refractivity contribution < 1.29 is 13.2 Å². The van der Waals surface area contributed by atoms with Crippen LogP contribution in [-0.4, -0.2) is 42.1 Å². The Morgan fingerprint density at radius 3 is 2.09 bits per heavy atom. The van der Waals surface area contributed by atoms with Crippen molar-refractivity contribution in [2.45, 2.75) is 19.9 Å². The Labute approximate surface area is 201 Å². The minimum absolute atomic E-state index is 0.0538. The van der Waals surface area contributed by atoms with Crippen molar-refractivity contribution in [3.63, 3.8) is 0 Å². The van der Waals surface area contributed by atoms with E-state index >= 15 is 0 Å². The third kappa shape index (κ3) is 4.56. The van der Waals surface area contributed by atoms with Gasteiger partial charge in [0.1, 0.15) is 5.82 Å². The molecular weight excluding hydrogens is 451 g/mol. The summed E-state index contributed by atoms with van der Waals surface area (Å²) in [7, 11) is 0. The number of aromatic nitrogens is 1. The van der Waals surface area contributed by atoms with Crippen LogP contribution in [-0.2, 0) is 0 Å². The molecule has 0 spiro atoms. The monoisotopic (exact) mass is 477 g/mol. The number of benzene rings is 3. The fraction of sp³-hybridized carbons (Fsp3) is 0.250. The maximum absolute atomic E-state index is 14.3. The van der Waals surface area contributed by atoms with Crippen molar-refractivity contribution in [3.8, 4) is 22.3 Å². The van der Waals surface area contributed by atoms with Gasteiger partial charge in [0.15, 0.2) is 11.6 Å². The summed E-state index contributed by atoms with van der Waals surface area (Å²) in [6, 6.07) is 17.2. The van der Waals surface area contributed by atoms with E-state index in [0.717, 1.165) is 37.3 Å². The van der Waals surface area contributed by atoms with Gasteiger partial charge < -0.3 is 9.88 Å². The largest absolute Gasteiger partial charge is 0.369 e. The number of hydrogen-bond acceptors (Lipinski definition) is 3. The molecule has 1 aliphatic heterocycles. The minimum atomic E-state index is -1.30. The molecule has 4 aromatic rings. The van der Waals surface area contributed by atoms with Crippen molar-refractivity contribution in [3.05, 3.63) is 88.5 Å². The van der Waals surface area contributed by atoms with Gasteiger partial charge in [0.2, 0.25) is 0 Å². The molecule has 0 unspecified atom stereocenters. The van der Waals surface area contributed by atoms with E-state index in [1.807, 2.05) is 12.1 Å². The van der Waals surface area contributed by atoms with Crippen molar-refractivity contribution >= 4 is 16.6 Å². The molecular formula is C28H26F3N3O. The van der Waals surface area contributed by atoms with E-state index in [9.17, 15) is 18.0 Å². The summed E-state index contributed by atoms with van der Waals surface area (Å²) in [6.07, 6.45) is 0. The van der Waals surface area contributed by atoms with Gasteiger partial charge in [-0.15, -0.1) is 0 Å². The zero-order valence-electron chi connectivity index (χ0n) is 19.6. The SMILES string of the molecule is CC(C)N1CCN(c2ccc(-c3ccc4[nH]c(=O)c(-c5cc(F)c(F)cc5F)cc4c3)cc2)CC1. The fourth-order valence-electron chi connectivity index (χ4n) is 4.68. The van der Waals surface area contributed by atoms with Crippen molar-refractivity contribution in [1.29, 1.82) is 0 Å². The van der Waals surface area contributed by atoms with Crippen molar-refractivity contribution in [1.82, 2.24) is 9.88 Å². The van der Waals surface area contributed by atoms with E-state index in [4.69, 9.17) is 0 Å². The molecule has 0 saturated carbocycles. The van der Waals surface area contributed by atoms with Crippen LogP contribution in [0.3, 0.4) is 0 Å². The molecule has 0 radical (unpaired) electrons. The molecule has 7 heteroatoms. The van der Waals surface area contributed by atoms with Crippen LogP contribution in [0.5, 0.6) is 0 Å². The predicted octanol–water partition coefficient (Wildman–Crippen LogP) is 5.81. The third-order valence-electron chi connectivity index (χ3n) is 6.75. The molecule has 1 aromatic heterocycles. The molecule has 0 atom stereocenters. The Morgan fingerprint density at radius 1 is 0.743 bits per heavy atom. The standard InChI is InChI=1S/C28H26F3N3O/c1-17(2)33-9-11-34(12-10-33)21-6-3-18(4-7-21)19-5-8-27-20(13-19)14-23(28(35)32-27)22-15-25(30)26(31)16-24(22)29/h3-8,13-17H,9-12H2,1-2H3,(H,32,35). The zero-order chi connectivity index (χ0) is 24.7. The summed E-state index contributed by atoms with van der Waals surface area (Å²) in [5, 5.41) is 0.662. The second-order valence-electron chi connectivity index (χ2n) is 9.22. The average molecular weight is 478 g/mol. The zero-order valence-corrected chi connectivity index (χ0v) is 19.6. The number of aromatic amines is 1. The van der Waals surface area contributed by atoms with E-state index in [2.05, 4.69) is 52.9 Å². The lowest BCUT2D eigenvalue weighted by Crippen LogP contribution is -2.48. The highest BCUT2D eigenvalue weighted by Crippen LogP contribution is 2.29. The lowest BCUT2D eigenvalue weighted by atomic mass is 10.00. The number of fused-ring (bicyclic) bond motifs is 1. The molecule has 0 amide bonds. The summed E-state index contributed by atoms with van der Waals surface area (Å²) >= 11 is 0. The topological polar surface area (TPSA) is 39.3 Å². The molecule has 1 aliphatic rings. The Morgan fingerprint density at radius 2 is 1.40 bits per heavy atom. The van der Waals surface area contributed by atoms with Gasteiger partial charge in [-0.05, 0) is 66.8 Å². The number of hydrogen-bond donors (Lipinski definition) is 1. The van der Waals surface area contributed by atoms with Gasteiger partial charge in [0, 0.05) is 55.1 Å². The van der Waals surface area contributed by atoms with E-state index in [1.165, 1.54) is 11.8 Å². The molecule has 5 rings (SSSR count). The number of nitrogens with one attached hydrogen (secondary N) is 1. The third-order valence-corrected chi connectivity index (χ3v) is 6.75. The second-order valence-corrected chi connectivity index (χ2v) is 9.22. The summed E-state index contributed by atoms with van der Waals surface area (Å²) in [5.41, 5.74) is 2.78. The predicted molar refractivity (Wildman–Crippen MR) is 134 cm³/mol. The molecule has 3 aromatic carbocycles. The number of pyridine rings is 1. The fourth-order valence-corrected chi connectivity index (χ4v) is 4.68. The van der Waals surface area contributed by atoms with Gasteiger partial charge in [-0.3, -0.25) is 9.69 Å². The van der Waals surface area contributed by atoms with Crippen LogP contribution in [0.15, 0.2) is 65.5 Å². The van der Waals surface area contributed by atoms with Gasteiger partial charge in [0.05, 0.1) is 5.56 Å². The first-order valence-corrected chi connectivity index (χ1v) is 11.7. The minimum Gasteiger partial charge on any atom is -0.369 e. The lowest BCUT2D eigenvalue weighted by molar-refractivity contribution is 0.209. The van der Waals surface area contributed by atoms with Crippen LogP contribution < -0.4 is 10.5 Å². The van der Waals surface area contributed by atoms with E-state index in [1.54, 1.807) is 6.07 Å². The first-order valence-electron chi connectivity index (χ1n) is 11.7. The first-order chi connectivity index (χ1) is 16.8. The van der Waals surface area contributed by atoms with E-state index in [0.29, 0.717) is 29.1 Å². The molecule has 0 bridgehead atoms. The average Bonchev–Trinajstić information content (AvgIpc) is 2.86. The molecule has 180 valence electrons. The van der Waals surface area contributed by atoms with Crippen molar-refractivity contribution in [2.75, 3.05) is 31.1 Å². The number of rotatable bonds is 4. The molecule has 1 saturated heterocycles. The smallest absolute Gasteiger partial charge is 0.256 e. The van der Waals surface area contributed by atoms with Gasteiger partial charge in [-0.25, -0.2) is 13.2 Å². The Hall–Kier alpha value is -3.58. The van der Waals surface area contributed by atoms with Crippen LogP contribution >= 0.6 is 0 Å². The van der Waals surface area contributed by atoms with E-state index < -0.39 is 23.0 Å². The summed E-state index contributed by atoms with van der Waals surface area (Å²) < 4.78 is 41.4. The van der Waals surface area contributed by atoms with Gasteiger partial charge in [-0.2, -0.15) is 0 Å². The second kappa shape index (κ2) is 9.23. The lowest BCUT2D eigenvalue weighted by Gasteiger charge is -2.38. The normalized spacial score (nSPS) is 14.7. The maximum Gasteiger partial charge on any atom is 0.256 e. The van der Waals surface area contributed by atoms with Gasteiger partial charge >= 0.3 is 0 Å². The van der Waals surface area contributed by atoms with Crippen LogP contribution in [0.1, 0.15) is 13.8 Å². The quantitative estimate of drug-likeness (QED) is 0.377. The van der Waals surface area contributed by atoms with Crippen LogP contribution in [0.4, 0.5) is 18.9 Å². The number of piperazine rings is 1. The Kier molecular flexibility index (Phi) is 6.11. The number of nitrogens with zero attached hydrogens (tertiary/aromatic N) is 2. The number of anilines is 1. The molecule has 0 aliphatic carbocycles. The highest BCUT2D eigenvalue weighted by Gasteiger charge is 2.19. The summed E-state index contributed by atoms with van der Waals surface area (Å²) in [6.45, 7) is 8.52. The molecule has 1 fully saturated rings. The van der Waals surface area contributed by atoms with Crippen molar-refractivity contribution in [2.24, 2.45) is 0 Å². The van der Waals surface area contributed by atoms with Crippen LogP contribution in [0.2, 0.25) is 0 Å². The van der Waals surface area contributed by atoms with Gasteiger partial charge in [-0.1, -0.05) is 18.2 Å². The molecule has 4 nitrogen and oxygen atoms in total. The van der Waals surface area contributed by atoms with Crippen LogP contribution in [0, 0.1) is 17.5 Å². The number of H-pyrrole nitrogens is 1. The summed E-state index contributed by atoms with van der Waals surface area (Å²) in [5.74, 6) is -3.49. The molecule has 2 heterocycles. The maximum atomic E-state index is 14.3. The Balaban J connectivity index is 1.44. The highest BCUT2D eigenvalue weighted by molar-refractivity contribution is 5.88. The molecule has 35 heavy (non-hydrogen) atoms. The Bertz CT molecular complexity index is 1440. The van der Waals surface area contributed by atoms with Crippen LogP contribution in [0.25, 0.3) is 33.2 Å².